The van der Waals surface area contributed by atoms with E-state index in [1.54, 1.807) is 45.2 Å². The van der Waals surface area contributed by atoms with Crippen molar-refractivity contribution in [2.45, 2.75) is 58.7 Å². The first-order valence-electron chi connectivity index (χ1n) is 10.6. The zero-order chi connectivity index (χ0) is 25.6. The van der Waals surface area contributed by atoms with Gasteiger partial charge in [0.25, 0.3) is 0 Å². The topological polar surface area (TPSA) is 134 Å². The molecule has 0 amide bonds. The molecular formula is C24H36N2O7. The Bertz CT molecular complexity index is 789. The number of benzene rings is 1. The molecule has 1 aromatic carbocycles. The van der Waals surface area contributed by atoms with Gasteiger partial charge in [-0.25, -0.2) is 4.79 Å². The molecule has 184 valence electrons. The summed E-state index contributed by atoms with van der Waals surface area (Å²) in [7, 11) is 2.92. The first-order chi connectivity index (χ1) is 15.4. The number of hydrogen-bond acceptors (Lipinski definition) is 9. The van der Waals surface area contributed by atoms with E-state index in [2.05, 4.69) is 16.6 Å². The van der Waals surface area contributed by atoms with Gasteiger partial charge >= 0.3 is 17.9 Å². The fourth-order valence-corrected chi connectivity index (χ4v) is 2.20. The van der Waals surface area contributed by atoms with Crippen molar-refractivity contribution < 1.29 is 33.4 Å². The lowest BCUT2D eigenvalue weighted by atomic mass is 10.1. The van der Waals surface area contributed by atoms with E-state index in [4.69, 9.17) is 15.2 Å². The van der Waals surface area contributed by atoms with Gasteiger partial charge in [0.05, 0.1) is 25.7 Å². The molecule has 33 heavy (non-hydrogen) atoms. The van der Waals surface area contributed by atoms with Crippen LogP contribution in [-0.4, -0.2) is 56.5 Å². The van der Waals surface area contributed by atoms with E-state index in [0.29, 0.717) is 12.2 Å². The number of nitrogens with one attached hydrogen (secondary N) is 1. The van der Waals surface area contributed by atoms with E-state index in [-0.39, 0.29) is 36.0 Å². The third kappa shape index (κ3) is 12.5. The van der Waals surface area contributed by atoms with Crippen molar-refractivity contribution in [3.63, 3.8) is 0 Å². The van der Waals surface area contributed by atoms with Crippen LogP contribution in [-0.2, 0) is 35.1 Å². The standard InChI is InChI=1S/C19H25NO6.C5H11NO/c1-12(2)25-19(23)16(20-4)11-14-6-8-15(9-7-14)26-18(22)13(3)10-17(21)24-5;1-4(2)5(6)3-7/h6-9,12,16,20H,3,10-11H2,1-2,4-5H3;3-5H,6H2,1-2H3. The second-order valence-corrected chi connectivity index (χ2v) is 7.88. The lowest BCUT2D eigenvalue weighted by Gasteiger charge is -2.17. The van der Waals surface area contributed by atoms with Crippen LogP contribution in [0.1, 0.15) is 39.7 Å². The monoisotopic (exact) mass is 464 g/mol. The Morgan fingerprint density at radius 2 is 1.70 bits per heavy atom. The van der Waals surface area contributed by atoms with Crippen molar-refractivity contribution in [2.24, 2.45) is 11.7 Å². The minimum atomic E-state index is -0.697. The molecule has 0 saturated carbocycles. The molecule has 2 atom stereocenters. The molecule has 0 spiro atoms. The highest BCUT2D eigenvalue weighted by Gasteiger charge is 2.20. The van der Waals surface area contributed by atoms with E-state index < -0.39 is 18.0 Å². The third-order valence-electron chi connectivity index (χ3n) is 4.36. The number of carbonyl (C=O) groups is 4. The Labute approximate surface area is 195 Å². The summed E-state index contributed by atoms with van der Waals surface area (Å²) >= 11 is 0. The lowest BCUT2D eigenvalue weighted by Crippen LogP contribution is -2.38. The predicted molar refractivity (Wildman–Crippen MR) is 125 cm³/mol. The molecular weight excluding hydrogens is 428 g/mol. The Hall–Kier alpha value is -3.04. The molecule has 0 fully saturated rings. The van der Waals surface area contributed by atoms with Gasteiger partial charge < -0.3 is 30.1 Å². The Balaban J connectivity index is 0.00000126. The van der Waals surface area contributed by atoms with Gasteiger partial charge in [-0.05, 0) is 50.9 Å². The van der Waals surface area contributed by atoms with Crippen LogP contribution < -0.4 is 15.8 Å². The average molecular weight is 465 g/mol. The molecule has 0 aliphatic carbocycles. The molecule has 2 unspecified atom stereocenters. The zero-order valence-corrected chi connectivity index (χ0v) is 20.3. The highest BCUT2D eigenvalue weighted by molar-refractivity contribution is 5.94. The summed E-state index contributed by atoms with van der Waals surface area (Å²) in [4.78, 5) is 44.8. The number of carbonyl (C=O) groups excluding carboxylic acids is 4. The summed E-state index contributed by atoms with van der Waals surface area (Å²) in [6.45, 7) is 10.9. The maximum Gasteiger partial charge on any atom is 0.339 e. The first-order valence-corrected chi connectivity index (χ1v) is 10.6. The maximum absolute atomic E-state index is 12.0. The van der Waals surface area contributed by atoms with Crippen molar-refractivity contribution in [1.82, 2.24) is 5.32 Å². The average Bonchev–Trinajstić information content (AvgIpc) is 2.77. The van der Waals surface area contributed by atoms with E-state index >= 15 is 0 Å². The van der Waals surface area contributed by atoms with Gasteiger partial charge in [0.15, 0.2) is 0 Å². The number of methoxy groups -OCH3 is 1. The fourth-order valence-electron chi connectivity index (χ4n) is 2.20. The summed E-state index contributed by atoms with van der Waals surface area (Å²) in [5.41, 5.74) is 6.13. The minimum absolute atomic E-state index is 0.00704. The number of rotatable bonds is 11. The maximum atomic E-state index is 12.0. The number of likely N-dealkylation sites (N-methyl/N-ethyl adjacent to an activating group) is 1. The van der Waals surface area contributed by atoms with Gasteiger partial charge in [-0.3, -0.25) is 9.59 Å². The van der Waals surface area contributed by atoms with Crippen LogP contribution in [0.25, 0.3) is 0 Å². The summed E-state index contributed by atoms with van der Waals surface area (Å²) in [6, 6.07) is 5.97. The van der Waals surface area contributed by atoms with Crippen LogP contribution in [0.3, 0.4) is 0 Å². The van der Waals surface area contributed by atoms with E-state index in [1.165, 1.54) is 7.11 Å². The predicted octanol–water partition coefficient (Wildman–Crippen LogP) is 1.96. The fraction of sp³-hybridized carbons (Fsp3) is 0.500. The third-order valence-corrected chi connectivity index (χ3v) is 4.36. The number of aldehydes is 1. The number of nitrogens with two attached hydrogens (primary N) is 1. The molecule has 0 saturated heterocycles. The summed E-state index contributed by atoms with van der Waals surface area (Å²) in [6.07, 6.45) is 0.795. The van der Waals surface area contributed by atoms with E-state index in [0.717, 1.165) is 11.8 Å². The minimum Gasteiger partial charge on any atom is -0.469 e. The molecule has 9 heteroatoms. The molecule has 0 aliphatic heterocycles. The largest absolute Gasteiger partial charge is 0.469 e. The van der Waals surface area contributed by atoms with Crippen molar-refractivity contribution >= 4 is 24.2 Å². The van der Waals surface area contributed by atoms with Crippen molar-refractivity contribution in [3.05, 3.63) is 42.0 Å². The van der Waals surface area contributed by atoms with Crippen molar-refractivity contribution in [1.29, 1.82) is 0 Å². The van der Waals surface area contributed by atoms with Crippen molar-refractivity contribution in [3.8, 4) is 5.75 Å². The number of esters is 3. The Morgan fingerprint density at radius 1 is 1.12 bits per heavy atom. The van der Waals surface area contributed by atoms with Crippen LogP contribution in [0, 0.1) is 5.92 Å². The van der Waals surface area contributed by atoms with Gasteiger partial charge in [-0.2, -0.15) is 0 Å². The normalized spacial score (nSPS) is 12.2. The van der Waals surface area contributed by atoms with Gasteiger partial charge in [-0.1, -0.05) is 32.6 Å². The van der Waals surface area contributed by atoms with Crippen LogP contribution >= 0.6 is 0 Å². The van der Waals surface area contributed by atoms with Crippen LogP contribution in [0.4, 0.5) is 0 Å². The number of ether oxygens (including phenoxy) is 3. The zero-order valence-electron chi connectivity index (χ0n) is 20.3. The molecule has 1 aromatic rings. The van der Waals surface area contributed by atoms with Gasteiger partial charge in [-0.15, -0.1) is 0 Å². The lowest BCUT2D eigenvalue weighted by molar-refractivity contribution is -0.149. The second-order valence-electron chi connectivity index (χ2n) is 7.88. The SMILES string of the molecule is C=C(CC(=O)OC)C(=O)Oc1ccc(CC(NC)C(=O)OC(C)C)cc1.CC(C)C(N)C=O. The summed E-state index contributed by atoms with van der Waals surface area (Å²) in [5, 5.41) is 2.93. The quantitative estimate of drug-likeness (QED) is 0.218. The molecule has 1 rings (SSSR count). The molecule has 0 aliphatic rings. The summed E-state index contributed by atoms with van der Waals surface area (Å²) in [5.74, 6) is -0.990. The van der Waals surface area contributed by atoms with Gasteiger partial charge in [0.2, 0.25) is 0 Å². The molecule has 0 aromatic heterocycles. The first kappa shape index (κ1) is 30.0. The molecule has 9 nitrogen and oxygen atoms in total. The summed E-state index contributed by atoms with van der Waals surface area (Å²) < 4.78 is 14.8. The Kier molecular flexibility index (Phi) is 14.3. The molecule has 0 bridgehead atoms. The van der Waals surface area contributed by atoms with Crippen LogP contribution in [0.2, 0.25) is 0 Å². The highest BCUT2D eigenvalue weighted by Crippen LogP contribution is 2.16. The van der Waals surface area contributed by atoms with E-state index in [9.17, 15) is 19.2 Å². The van der Waals surface area contributed by atoms with E-state index in [1.807, 2.05) is 13.8 Å². The molecule has 0 radical (unpaired) electrons. The second kappa shape index (κ2) is 15.7. The smallest absolute Gasteiger partial charge is 0.339 e. The van der Waals surface area contributed by atoms with Crippen LogP contribution in [0.15, 0.2) is 36.4 Å². The Morgan fingerprint density at radius 3 is 2.09 bits per heavy atom. The van der Waals surface area contributed by atoms with Crippen LogP contribution in [0.5, 0.6) is 5.75 Å². The highest BCUT2D eigenvalue weighted by atomic mass is 16.5. The molecule has 0 heterocycles. The molecule has 3 N–H and O–H groups in total. The number of hydrogen-bond donors (Lipinski definition) is 2. The van der Waals surface area contributed by atoms with Crippen molar-refractivity contribution in [2.75, 3.05) is 14.2 Å². The van der Waals surface area contributed by atoms with Gasteiger partial charge in [0, 0.05) is 5.57 Å². The van der Waals surface area contributed by atoms with Gasteiger partial charge in [0.1, 0.15) is 18.1 Å².